The zero-order valence-corrected chi connectivity index (χ0v) is 10.2. The molecule has 1 fully saturated rings. The van der Waals surface area contributed by atoms with Crippen LogP contribution in [0.4, 0.5) is 0 Å². The van der Waals surface area contributed by atoms with Gasteiger partial charge in [0.25, 0.3) is 0 Å². The molecule has 1 rings (SSSR count). The minimum Gasteiger partial charge on any atom is -0.481 e. The molecule has 0 aromatic rings. The second-order valence-electron chi connectivity index (χ2n) is 4.85. The Bertz CT molecular complexity index is 292. The number of carbonyl (C=O) groups is 2. The number of rotatable bonds is 6. The van der Waals surface area contributed by atoms with Crippen molar-refractivity contribution in [1.82, 2.24) is 5.32 Å². The summed E-state index contributed by atoms with van der Waals surface area (Å²) in [5.41, 5.74) is -0.889. The molecule has 1 aliphatic rings. The summed E-state index contributed by atoms with van der Waals surface area (Å²) in [5.74, 6) is -0.734. The predicted octanol–water partition coefficient (Wildman–Crippen LogP) is 0.766. The van der Waals surface area contributed by atoms with E-state index in [2.05, 4.69) is 12.2 Å². The highest BCUT2D eigenvalue weighted by Gasteiger charge is 2.46. The molecule has 0 aromatic heterocycles. The van der Waals surface area contributed by atoms with E-state index in [1.807, 2.05) is 0 Å². The molecule has 5 heteroatoms. The van der Waals surface area contributed by atoms with Gasteiger partial charge in [-0.15, -0.1) is 0 Å². The third kappa shape index (κ3) is 3.43. The molecule has 0 bridgehead atoms. The Hall–Kier alpha value is -1.10. The molecule has 0 aromatic carbocycles. The Morgan fingerprint density at radius 1 is 1.47 bits per heavy atom. The molecule has 2 unspecified atom stereocenters. The van der Waals surface area contributed by atoms with Crippen LogP contribution in [0.2, 0.25) is 0 Å². The molecule has 0 heterocycles. The number of carbonyl (C=O) groups excluding carboxylic acids is 1. The summed E-state index contributed by atoms with van der Waals surface area (Å²) in [7, 11) is 0. The third-order valence-corrected chi connectivity index (χ3v) is 3.67. The van der Waals surface area contributed by atoms with Crippen LogP contribution >= 0.6 is 0 Å². The maximum Gasteiger partial charge on any atom is 0.310 e. The van der Waals surface area contributed by atoms with Gasteiger partial charge in [-0.3, -0.25) is 9.59 Å². The minimum atomic E-state index is -0.889. The van der Waals surface area contributed by atoms with Crippen molar-refractivity contribution in [3.8, 4) is 0 Å². The first kappa shape index (κ1) is 14.0. The molecule has 0 radical (unpaired) electrons. The van der Waals surface area contributed by atoms with Gasteiger partial charge < -0.3 is 15.5 Å². The molecule has 98 valence electrons. The molecular weight excluding hydrogens is 222 g/mol. The zero-order valence-electron chi connectivity index (χ0n) is 10.2. The van der Waals surface area contributed by atoms with E-state index in [4.69, 9.17) is 5.11 Å². The Morgan fingerprint density at radius 3 is 2.65 bits per heavy atom. The fourth-order valence-corrected chi connectivity index (χ4v) is 2.58. The SMILES string of the molecule is CCC1CCC(CC(=O)NCCO)(C(=O)O)C1. The Morgan fingerprint density at radius 2 is 2.18 bits per heavy atom. The first-order valence-corrected chi connectivity index (χ1v) is 6.15. The van der Waals surface area contributed by atoms with E-state index in [1.165, 1.54) is 0 Å². The molecular formula is C12H21NO4. The number of hydrogen-bond donors (Lipinski definition) is 3. The average Bonchev–Trinajstić information content (AvgIpc) is 2.71. The summed E-state index contributed by atoms with van der Waals surface area (Å²) >= 11 is 0. The van der Waals surface area contributed by atoms with E-state index in [0.717, 1.165) is 12.8 Å². The monoisotopic (exact) mass is 243 g/mol. The third-order valence-electron chi connectivity index (χ3n) is 3.67. The molecule has 3 N–H and O–H groups in total. The highest BCUT2D eigenvalue weighted by atomic mass is 16.4. The second-order valence-corrected chi connectivity index (χ2v) is 4.85. The van der Waals surface area contributed by atoms with Gasteiger partial charge in [0.1, 0.15) is 0 Å². The maximum absolute atomic E-state index is 11.6. The van der Waals surface area contributed by atoms with E-state index in [-0.39, 0.29) is 25.5 Å². The fraction of sp³-hybridized carbons (Fsp3) is 0.833. The molecule has 1 saturated carbocycles. The number of carboxylic acid groups (broad SMARTS) is 1. The van der Waals surface area contributed by atoms with Gasteiger partial charge in [-0.1, -0.05) is 13.3 Å². The van der Waals surface area contributed by atoms with Crippen LogP contribution < -0.4 is 5.32 Å². The molecule has 1 amide bonds. The van der Waals surface area contributed by atoms with Crippen molar-refractivity contribution >= 4 is 11.9 Å². The van der Waals surface area contributed by atoms with Gasteiger partial charge in [-0.25, -0.2) is 0 Å². The van der Waals surface area contributed by atoms with Crippen molar-refractivity contribution in [3.05, 3.63) is 0 Å². The van der Waals surface area contributed by atoms with Crippen LogP contribution in [0, 0.1) is 11.3 Å². The van der Waals surface area contributed by atoms with Crippen LogP contribution in [-0.4, -0.2) is 35.2 Å². The van der Waals surface area contributed by atoms with Gasteiger partial charge in [0.15, 0.2) is 0 Å². The van der Waals surface area contributed by atoms with Crippen molar-refractivity contribution in [2.24, 2.45) is 11.3 Å². The summed E-state index contributed by atoms with van der Waals surface area (Å²) in [4.78, 5) is 22.9. The highest BCUT2D eigenvalue weighted by Crippen LogP contribution is 2.45. The Kier molecular flexibility index (Phi) is 4.93. The summed E-state index contributed by atoms with van der Waals surface area (Å²) in [6.07, 6.45) is 3.04. The highest BCUT2D eigenvalue weighted by molar-refractivity contribution is 5.85. The van der Waals surface area contributed by atoms with E-state index >= 15 is 0 Å². The minimum absolute atomic E-state index is 0.0266. The summed E-state index contributed by atoms with van der Waals surface area (Å²) in [6, 6.07) is 0. The lowest BCUT2D eigenvalue weighted by Crippen LogP contribution is -2.37. The molecule has 5 nitrogen and oxygen atoms in total. The molecule has 2 atom stereocenters. The molecule has 0 aliphatic heterocycles. The lowest BCUT2D eigenvalue weighted by molar-refractivity contribution is -0.151. The number of aliphatic carboxylic acids is 1. The lowest BCUT2D eigenvalue weighted by atomic mass is 9.81. The van der Waals surface area contributed by atoms with E-state index in [0.29, 0.717) is 18.8 Å². The summed E-state index contributed by atoms with van der Waals surface area (Å²) in [6.45, 7) is 2.11. The van der Waals surface area contributed by atoms with Gasteiger partial charge in [0, 0.05) is 13.0 Å². The van der Waals surface area contributed by atoms with Crippen LogP contribution in [0.15, 0.2) is 0 Å². The second kappa shape index (κ2) is 6.00. The van der Waals surface area contributed by atoms with E-state index in [9.17, 15) is 14.7 Å². The van der Waals surface area contributed by atoms with Crippen molar-refractivity contribution in [2.75, 3.05) is 13.2 Å². The maximum atomic E-state index is 11.6. The number of carboxylic acids is 1. The van der Waals surface area contributed by atoms with Crippen LogP contribution in [0.25, 0.3) is 0 Å². The van der Waals surface area contributed by atoms with Crippen molar-refractivity contribution in [1.29, 1.82) is 0 Å². The first-order valence-electron chi connectivity index (χ1n) is 6.15. The predicted molar refractivity (Wildman–Crippen MR) is 62.4 cm³/mol. The molecule has 1 aliphatic carbocycles. The Labute approximate surface area is 101 Å². The van der Waals surface area contributed by atoms with Crippen molar-refractivity contribution in [3.63, 3.8) is 0 Å². The number of hydrogen-bond acceptors (Lipinski definition) is 3. The topological polar surface area (TPSA) is 86.6 Å². The number of amides is 1. The molecule has 0 spiro atoms. The first-order chi connectivity index (χ1) is 8.04. The van der Waals surface area contributed by atoms with Gasteiger partial charge >= 0.3 is 5.97 Å². The lowest BCUT2D eigenvalue weighted by Gasteiger charge is -2.23. The van der Waals surface area contributed by atoms with Crippen molar-refractivity contribution in [2.45, 2.75) is 39.0 Å². The fourth-order valence-electron chi connectivity index (χ4n) is 2.58. The van der Waals surface area contributed by atoms with Crippen molar-refractivity contribution < 1.29 is 19.8 Å². The standard InChI is InChI=1S/C12H21NO4/c1-2-9-3-4-12(7-9,11(16)17)8-10(15)13-5-6-14/h9,14H,2-8H2,1H3,(H,13,15)(H,16,17). The zero-order chi connectivity index (χ0) is 12.9. The van der Waals surface area contributed by atoms with Gasteiger partial charge in [-0.05, 0) is 25.2 Å². The summed E-state index contributed by atoms with van der Waals surface area (Å²) in [5, 5.41) is 20.4. The molecule has 0 saturated heterocycles. The smallest absolute Gasteiger partial charge is 0.310 e. The number of nitrogens with one attached hydrogen (secondary N) is 1. The van der Waals surface area contributed by atoms with Gasteiger partial charge in [0.05, 0.1) is 12.0 Å². The Balaban J connectivity index is 2.61. The molecule has 17 heavy (non-hydrogen) atoms. The average molecular weight is 243 g/mol. The quantitative estimate of drug-likeness (QED) is 0.643. The van der Waals surface area contributed by atoms with Gasteiger partial charge in [-0.2, -0.15) is 0 Å². The largest absolute Gasteiger partial charge is 0.481 e. The van der Waals surface area contributed by atoms with Crippen LogP contribution in [0.5, 0.6) is 0 Å². The van der Waals surface area contributed by atoms with Gasteiger partial charge in [0.2, 0.25) is 5.91 Å². The van der Waals surface area contributed by atoms with Crippen LogP contribution in [0.1, 0.15) is 39.0 Å². The van der Waals surface area contributed by atoms with E-state index in [1.54, 1.807) is 0 Å². The number of aliphatic hydroxyl groups excluding tert-OH is 1. The van der Waals surface area contributed by atoms with Crippen LogP contribution in [-0.2, 0) is 9.59 Å². The van der Waals surface area contributed by atoms with Crippen LogP contribution in [0.3, 0.4) is 0 Å². The number of aliphatic hydroxyl groups is 1. The normalized spacial score (nSPS) is 28.0. The summed E-state index contributed by atoms with van der Waals surface area (Å²) < 4.78 is 0. The van der Waals surface area contributed by atoms with E-state index < -0.39 is 11.4 Å².